The van der Waals surface area contributed by atoms with Gasteiger partial charge >= 0.3 is 0 Å². The fourth-order valence-electron chi connectivity index (χ4n) is 2.57. The maximum Gasteiger partial charge on any atom is 0.179 e. The molecule has 5 heteroatoms. The van der Waals surface area contributed by atoms with Crippen LogP contribution in [0.2, 0.25) is 8.67 Å². The van der Waals surface area contributed by atoms with Gasteiger partial charge in [-0.2, -0.15) is 0 Å². The van der Waals surface area contributed by atoms with Crippen LogP contribution in [0.1, 0.15) is 43.5 Å². The molecule has 1 aromatic rings. The fraction of sp³-hybridized carbons (Fsp3) is 0.615. The Balaban J connectivity index is 2.08. The molecule has 0 amide bonds. The smallest absolute Gasteiger partial charge is 0.179 e. The van der Waals surface area contributed by atoms with Crippen molar-refractivity contribution in [1.82, 2.24) is 4.90 Å². The zero-order valence-corrected chi connectivity index (χ0v) is 12.9. The molecule has 100 valence electrons. The highest BCUT2D eigenvalue weighted by atomic mass is 35.5. The lowest BCUT2D eigenvalue weighted by atomic mass is 9.97. The number of carbonyl (C=O) groups is 1. The van der Waals surface area contributed by atoms with Gasteiger partial charge in [0.2, 0.25) is 0 Å². The molecule has 1 aliphatic rings. The molecule has 1 aliphatic heterocycles. The minimum absolute atomic E-state index is 0.0729. The fourth-order valence-corrected chi connectivity index (χ4v) is 4.07. The number of likely N-dealkylation sites (tertiary alicyclic amines) is 1. The molecule has 0 aliphatic carbocycles. The summed E-state index contributed by atoms with van der Waals surface area (Å²) in [5.41, 5.74) is 0.566. The number of thiophene rings is 1. The molecule has 1 fully saturated rings. The molecular weight excluding hydrogens is 289 g/mol. The lowest BCUT2D eigenvalue weighted by Crippen LogP contribution is -2.46. The van der Waals surface area contributed by atoms with E-state index < -0.39 is 0 Å². The minimum Gasteiger partial charge on any atom is -0.293 e. The van der Waals surface area contributed by atoms with Gasteiger partial charge in [0.25, 0.3) is 0 Å². The summed E-state index contributed by atoms with van der Waals surface area (Å²) in [6.45, 7) is 4.81. The number of hydrogen-bond donors (Lipinski definition) is 0. The summed E-state index contributed by atoms with van der Waals surface area (Å²) in [7, 11) is 0. The predicted octanol–water partition coefficient (Wildman–Crippen LogP) is 4.50. The molecule has 18 heavy (non-hydrogen) atoms. The number of rotatable bonds is 3. The number of halogens is 2. The van der Waals surface area contributed by atoms with E-state index in [0.717, 1.165) is 12.8 Å². The first-order chi connectivity index (χ1) is 8.49. The first-order valence-electron chi connectivity index (χ1n) is 6.23. The topological polar surface area (TPSA) is 20.3 Å². The third-order valence-electron chi connectivity index (χ3n) is 3.66. The van der Waals surface area contributed by atoms with Crippen molar-refractivity contribution in [3.63, 3.8) is 0 Å². The van der Waals surface area contributed by atoms with Gasteiger partial charge in [0, 0.05) is 12.1 Å². The highest BCUT2D eigenvalue weighted by Gasteiger charge is 2.27. The van der Waals surface area contributed by atoms with Gasteiger partial charge in [-0.05, 0) is 32.8 Å². The molecule has 0 radical (unpaired) electrons. The Hall–Kier alpha value is -0.0900. The van der Waals surface area contributed by atoms with Gasteiger partial charge in [-0.1, -0.05) is 29.6 Å². The third-order valence-corrected chi connectivity index (χ3v) is 5.15. The quantitative estimate of drug-likeness (QED) is 0.766. The van der Waals surface area contributed by atoms with Crippen molar-refractivity contribution in [3.05, 3.63) is 20.3 Å². The van der Waals surface area contributed by atoms with Gasteiger partial charge < -0.3 is 0 Å². The average Bonchev–Trinajstić information content (AvgIpc) is 2.63. The summed E-state index contributed by atoms with van der Waals surface area (Å²) >= 11 is 13.2. The number of carbonyl (C=O) groups excluding carboxylic acids is 1. The second-order valence-corrected chi connectivity index (χ2v) is 7.25. The van der Waals surface area contributed by atoms with Crippen LogP contribution in [0, 0.1) is 0 Å². The van der Waals surface area contributed by atoms with Crippen molar-refractivity contribution in [3.8, 4) is 0 Å². The molecule has 1 saturated heterocycles. The molecule has 2 rings (SSSR count). The van der Waals surface area contributed by atoms with Crippen molar-refractivity contribution in [2.75, 3.05) is 6.54 Å². The molecule has 0 aromatic carbocycles. The molecular formula is C13H17Cl2NOS. The van der Waals surface area contributed by atoms with Crippen LogP contribution in [0.4, 0.5) is 0 Å². The van der Waals surface area contributed by atoms with Gasteiger partial charge in [-0.25, -0.2) is 0 Å². The number of hydrogen-bond acceptors (Lipinski definition) is 3. The number of piperidine rings is 1. The van der Waals surface area contributed by atoms with E-state index in [1.54, 1.807) is 6.07 Å². The molecule has 0 bridgehead atoms. The summed E-state index contributed by atoms with van der Waals surface area (Å²) in [6.07, 6.45) is 3.57. The van der Waals surface area contributed by atoms with E-state index in [2.05, 4.69) is 18.7 Å². The van der Waals surface area contributed by atoms with E-state index in [0.29, 0.717) is 32.9 Å². The van der Waals surface area contributed by atoms with Gasteiger partial charge in [0.15, 0.2) is 5.78 Å². The highest BCUT2D eigenvalue weighted by molar-refractivity contribution is 7.20. The minimum atomic E-state index is 0.0729. The number of ketones is 1. The standard InChI is InChI=1S/C13H17Cl2NOS/c1-8-4-3-5-9(2)16(8)7-11(17)10-6-12(14)18-13(10)15/h6,8-9H,3-5,7H2,1-2H3/t8-,9+. The van der Waals surface area contributed by atoms with E-state index in [1.165, 1.54) is 17.8 Å². The molecule has 0 N–H and O–H groups in total. The molecule has 2 nitrogen and oxygen atoms in total. The lowest BCUT2D eigenvalue weighted by molar-refractivity contribution is 0.0735. The van der Waals surface area contributed by atoms with Gasteiger partial charge in [-0.15, -0.1) is 11.3 Å². The Labute approximate surface area is 122 Å². The van der Waals surface area contributed by atoms with Crippen LogP contribution in [0.3, 0.4) is 0 Å². The Morgan fingerprint density at radius 2 is 2.00 bits per heavy atom. The van der Waals surface area contributed by atoms with Crippen molar-refractivity contribution >= 4 is 40.3 Å². The van der Waals surface area contributed by atoms with Crippen LogP contribution in [-0.4, -0.2) is 29.3 Å². The van der Waals surface area contributed by atoms with Crippen LogP contribution in [0.15, 0.2) is 6.07 Å². The summed E-state index contributed by atoms with van der Waals surface area (Å²) in [5.74, 6) is 0.0729. The van der Waals surface area contributed by atoms with Crippen LogP contribution in [0.5, 0.6) is 0 Å². The molecule has 0 saturated carbocycles. The summed E-state index contributed by atoms with van der Waals surface area (Å²) in [5, 5.41) is 0. The molecule has 0 unspecified atom stereocenters. The van der Waals surface area contributed by atoms with Crippen molar-refractivity contribution in [2.24, 2.45) is 0 Å². The van der Waals surface area contributed by atoms with Crippen LogP contribution in [0.25, 0.3) is 0 Å². The van der Waals surface area contributed by atoms with E-state index in [4.69, 9.17) is 23.2 Å². The maximum atomic E-state index is 12.3. The Morgan fingerprint density at radius 1 is 1.39 bits per heavy atom. The van der Waals surface area contributed by atoms with Crippen molar-refractivity contribution in [1.29, 1.82) is 0 Å². The summed E-state index contributed by atoms with van der Waals surface area (Å²) < 4.78 is 1.07. The predicted molar refractivity (Wildman–Crippen MR) is 78.2 cm³/mol. The second kappa shape index (κ2) is 5.91. The van der Waals surface area contributed by atoms with Crippen LogP contribution in [-0.2, 0) is 0 Å². The van der Waals surface area contributed by atoms with E-state index in [1.807, 2.05) is 0 Å². The molecule has 1 aromatic heterocycles. The first-order valence-corrected chi connectivity index (χ1v) is 7.80. The van der Waals surface area contributed by atoms with Gasteiger partial charge in [0.1, 0.15) is 4.34 Å². The Morgan fingerprint density at radius 3 is 2.50 bits per heavy atom. The number of Topliss-reactive ketones (excluding diaryl/α,β-unsaturated/α-hetero) is 1. The second-order valence-electron chi connectivity index (χ2n) is 4.96. The number of nitrogens with zero attached hydrogens (tertiary/aromatic N) is 1. The summed E-state index contributed by atoms with van der Waals surface area (Å²) in [4.78, 5) is 14.5. The zero-order valence-electron chi connectivity index (χ0n) is 10.6. The third kappa shape index (κ3) is 3.08. The SMILES string of the molecule is C[C@@H]1CCC[C@H](C)N1CC(=O)c1cc(Cl)sc1Cl. The highest BCUT2D eigenvalue weighted by Crippen LogP contribution is 2.32. The van der Waals surface area contributed by atoms with Crippen LogP contribution >= 0.6 is 34.5 Å². The van der Waals surface area contributed by atoms with E-state index >= 15 is 0 Å². The zero-order chi connectivity index (χ0) is 13.3. The van der Waals surface area contributed by atoms with Gasteiger partial charge in [0.05, 0.1) is 16.4 Å². The van der Waals surface area contributed by atoms with Gasteiger partial charge in [-0.3, -0.25) is 9.69 Å². The Kier molecular flexibility index (Phi) is 4.70. The van der Waals surface area contributed by atoms with E-state index in [9.17, 15) is 4.79 Å². The maximum absolute atomic E-state index is 12.3. The largest absolute Gasteiger partial charge is 0.293 e. The molecule has 2 atom stereocenters. The molecule has 2 heterocycles. The normalized spacial score (nSPS) is 25.3. The Bertz CT molecular complexity index is 436. The first kappa shape index (κ1) is 14.3. The molecule has 0 spiro atoms. The monoisotopic (exact) mass is 305 g/mol. The van der Waals surface area contributed by atoms with Crippen molar-refractivity contribution < 1.29 is 4.79 Å². The lowest BCUT2D eigenvalue weighted by Gasteiger charge is -2.38. The van der Waals surface area contributed by atoms with Crippen molar-refractivity contribution in [2.45, 2.75) is 45.2 Å². The van der Waals surface area contributed by atoms with Crippen LogP contribution < -0.4 is 0 Å². The van der Waals surface area contributed by atoms with E-state index in [-0.39, 0.29) is 5.78 Å². The summed E-state index contributed by atoms with van der Waals surface area (Å²) in [6, 6.07) is 2.60. The average molecular weight is 306 g/mol.